The predicted molar refractivity (Wildman–Crippen MR) is 110 cm³/mol. The lowest BCUT2D eigenvalue weighted by Gasteiger charge is -1.97. The summed E-state index contributed by atoms with van der Waals surface area (Å²) in [4.78, 5) is 11.4. The maximum absolute atomic E-state index is 11.4. The summed E-state index contributed by atoms with van der Waals surface area (Å²) in [6.07, 6.45) is 29.5. The van der Waals surface area contributed by atoms with Gasteiger partial charge in [-0.05, 0) is 51.4 Å². The van der Waals surface area contributed by atoms with Gasteiger partial charge >= 0.3 is 0 Å². The van der Waals surface area contributed by atoms with Crippen LogP contribution in [0.1, 0.15) is 84.0 Å². The van der Waals surface area contributed by atoms with Gasteiger partial charge in [0.1, 0.15) is 5.78 Å². The second-order valence-corrected chi connectivity index (χ2v) is 6.35. The molecule has 0 unspecified atom stereocenters. The van der Waals surface area contributed by atoms with Crippen LogP contribution in [0.4, 0.5) is 0 Å². The van der Waals surface area contributed by atoms with Crippen molar-refractivity contribution in [2.75, 3.05) is 6.61 Å². The Hall–Kier alpha value is -1.41. The third kappa shape index (κ3) is 20.5. The molecule has 0 saturated carbocycles. The molecule has 0 heterocycles. The van der Waals surface area contributed by atoms with Crippen molar-refractivity contribution in [1.29, 1.82) is 0 Å². The molecule has 25 heavy (non-hydrogen) atoms. The molecule has 0 aliphatic heterocycles. The Bertz CT molecular complexity index is 402. The number of aliphatic hydroxyl groups excluding tert-OH is 1. The fourth-order valence-corrected chi connectivity index (χ4v) is 2.38. The number of hydrogen-bond acceptors (Lipinski definition) is 2. The molecule has 0 spiro atoms. The molecule has 2 nitrogen and oxygen atoms in total. The van der Waals surface area contributed by atoms with E-state index in [4.69, 9.17) is 5.11 Å². The van der Waals surface area contributed by atoms with E-state index in [2.05, 4.69) is 55.5 Å². The minimum absolute atomic E-state index is 0.114. The smallest absolute Gasteiger partial charge is 0.133 e. The van der Waals surface area contributed by atoms with Crippen LogP contribution in [-0.4, -0.2) is 17.5 Å². The summed E-state index contributed by atoms with van der Waals surface area (Å²) >= 11 is 0. The number of rotatable bonds is 17. The van der Waals surface area contributed by atoms with E-state index in [1.807, 2.05) is 0 Å². The van der Waals surface area contributed by atoms with Crippen LogP contribution in [0.2, 0.25) is 0 Å². The highest BCUT2D eigenvalue weighted by molar-refractivity contribution is 5.78. The quantitative estimate of drug-likeness (QED) is 0.242. The molecule has 0 atom stereocenters. The Morgan fingerprint density at radius 2 is 1.16 bits per heavy atom. The first-order valence-corrected chi connectivity index (χ1v) is 10.0. The number of unbranched alkanes of at least 4 members (excludes halogenated alkanes) is 4. The standard InChI is InChI=1S/C23H38O2/c1-2-3-4-5-6-7-8-9-10-11-12-13-14-15-16-17-18-20-23(25)21-19-22-24/h6-7,9-10,12-13,15-16,24H,2-5,8,11,14,17-22H2,1H3/b7-6+,10-9-,13-12-,16-15-. The lowest BCUT2D eigenvalue weighted by molar-refractivity contribution is -0.119. The van der Waals surface area contributed by atoms with E-state index in [9.17, 15) is 4.79 Å². The molecule has 0 rings (SSSR count). The lowest BCUT2D eigenvalue weighted by Crippen LogP contribution is -1.98. The molecule has 0 aliphatic rings. The Morgan fingerprint density at radius 1 is 0.680 bits per heavy atom. The van der Waals surface area contributed by atoms with Crippen molar-refractivity contribution in [2.24, 2.45) is 0 Å². The molecule has 0 bridgehead atoms. The summed E-state index contributed by atoms with van der Waals surface area (Å²) in [5.74, 6) is 0.268. The van der Waals surface area contributed by atoms with Crippen molar-refractivity contribution in [1.82, 2.24) is 0 Å². The van der Waals surface area contributed by atoms with E-state index in [0.717, 1.165) is 32.1 Å². The van der Waals surface area contributed by atoms with Gasteiger partial charge in [0, 0.05) is 19.4 Å². The molecule has 142 valence electrons. The number of carbonyl (C=O) groups is 1. The minimum Gasteiger partial charge on any atom is -0.396 e. The lowest BCUT2D eigenvalue weighted by atomic mass is 10.1. The average molecular weight is 347 g/mol. The largest absolute Gasteiger partial charge is 0.396 e. The van der Waals surface area contributed by atoms with Crippen LogP contribution in [-0.2, 0) is 4.79 Å². The van der Waals surface area contributed by atoms with E-state index < -0.39 is 0 Å². The summed E-state index contributed by atoms with van der Waals surface area (Å²) < 4.78 is 0. The second kappa shape index (κ2) is 20.6. The minimum atomic E-state index is 0.114. The van der Waals surface area contributed by atoms with Crippen molar-refractivity contribution >= 4 is 5.78 Å². The predicted octanol–water partition coefficient (Wildman–Crippen LogP) is 6.47. The maximum atomic E-state index is 11.4. The van der Waals surface area contributed by atoms with Crippen LogP contribution in [0.3, 0.4) is 0 Å². The van der Waals surface area contributed by atoms with E-state index in [0.29, 0.717) is 19.3 Å². The van der Waals surface area contributed by atoms with Gasteiger partial charge in [-0.3, -0.25) is 4.79 Å². The van der Waals surface area contributed by atoms with Gasteiger partial charge < -0.3 is 5.11 Å². The molecule has 0 aromatic rings. The molecule has 1 N–H and O–H groups in total. The van der Waals surface area contributed by atoms with E-state index in [-0.39, 0.29) is 12.4 Å². The fraction of sp³-hybridized carbons (Fsp3) is 0.609. The number of carbonyl (C=O) groups excluding carboxylic acids is 1. The Morgan fingerprint density at radius 3 is 1.68 bits per heavy atom. The van der Waals surface area contributed by atoms with Crippen molar-refractivity contribution in [3.05, 3.63) is 48.6 Å². The fourth-order valence-electron chi connectivity index (χ4n) is 2.38. The summed E-state index contributed by atoms with van der Waals surface area (Å²) in [5.41, 5.74) is 0. The summed E-state index contributed by atoms with van der Waals surface area (Å²) in [6, 6.07) is 0. The molecule has 0 radical (unpaired) electrons. The van der Waals surface area contributed by atoms with Crippen molar-refractivity contribution in [3.8, 4) is 0 Å². The third-order valence-electron chi connectivity index (χ3n) is 3.90. The second-order valence-electron chi connectivity index (χ2n) is 6.35. The summed E-state index contributed by atoms with van der Waals surface area (Å²) in [7, 11) is 0. The van der Waals surface area contributed by atoms with Gasteiger partial charge in [-0.15, -0.1) is 0 Å². The van der Waals surface area contributed by atoms with Gasteiger partial charge in [0.25, 0.3) is 0 Å². The molecule has 0 aromatic carbocycles. The van der Waals surface area contributed by atoms with Gasteiger partial charge in [0.15, 0.2) is 0 Å². The number of ketones is 1. The van der Waals surface area contributed by atoms with Crippen molar-refractivity contribution in [2.45, 2.75) is 84.0 Å². The Labute approximate surface area is 155 Å². The molecule has 0 saturated heterocycles. The highest BCUT2D eigenvalue weighted by Gasteiger charge is 1.99. The van der Waals surface area contributed by atoms with Crippen LogP contribution in [0.25, 0.3) is 0 Å². The Balaban J connectivity index is 3.44. The zero-order chi connectivity index (χ0) is 18.4. The van der Waals surface area contributed by atoms with E-state index in [1.165, 1.54) is 25.7 Å². The first kappa shape index (κ1) is 23.6. The number of Topliss-reactive ketones (excluding diaryl/α,β-unsaturated/α-hetero) is 1. The monoisotopic (exact) mass is 346 g/mol. The van der Waals surface area contributed by atoms with Crippen LogP contribution < -0.4 is 0 Å². The van der Waals surface area contributed by atoms with Gasteiger partial charge in [0.2, 0.25) is 0 Å². The molecule has 0 aliphatic carbocycles. The van der Waals surface area contributed by atoms with Crippen LogP contribution in [0.5, 0.6) is 0 Å². The first-order chi connectivity index (χ1) is 12.3. The maximum Gasteiger partial charge on any atom is 0.133 e. The number of hydrogen-bond donors (Lipinski definition) is 1. The number of aliphatic hydroxyl groups is 1. The molecular weight excluding hydrogens is 308 g/mol. The van der Waals surface area contributed by atoms with Crippen molar-refractivity contribution in [3.63, 3.8) is 0 Å². The first-order valence-electron chi connectivity index (χ1n) is 10.0. The molecule has 0 fully saturated rings. The highest BCUT2D eigenvalue weighted by Crippen LogP contribution is 2.03. The van der Waals surface area contributed by atoms with Gasteiger partial charge in [-0.1, -0.05) is 68.4 Å². The van der Waals surface area contributed by atoms with Crippen LogP contribution in [0, 0.1) is 0 Å². The van der Waals surface area contributed by atoms with Crippen LogP contribution >= 0.6 is 0 Å². The van der Waals surface area contributed by atoms with Gasteiger partial charge in [-0.25, -0.2) is 0 Å². The summed E-state index contributed by atoms with van der Waals surface area (Å²) in [6.45, 7) is 2.35. The normalized spacial score (nSPS) is 12.4. The van der Waals surface area contributed by atoms with Gasteiger partial charge in [-0.2, -0.15) is 0 Å². The summed E-state index contributed by atoms with van der Waals surface area (Å²) in [5, 5.41) is 8.66. The molecule has 0 aromatic heterocycles. The zero-order valence-corrected chi connectivity index (χ0v) is 16.2. The molecule has 0 amide bonds. The zero-order valence-electron chi connectivity index (χ0n) is 16.2. The average Bonchev–Trinajstić information content (AvgIpc) is 2.62. The molecular formula is C23H38O2. The third-order valence-corrected chi connectivity index (χ3v) is 3.90. The van der Waals surface area contributed by atoms with Crippen LogP contribution in [0.15, 0.2) is 48.6 Å². The van der Waals surface area contributed by atoms with Gasteiger partial charge in [0.05, 0.1) is 0 Å². The molecule has 2 heteroatoms. The van der Waals surface area contributed by atoms with E-state index in [1.54, 1.807) is 0 Å². The highest BCUT2D eigenvalue weighted by atomic mass is 16.3. The number of allylic oxidation sites excluding steroid dienone is 8. The Kier molecular flexibility index (Phi) is 19.5. The van der Waals surface area contributed by atoms with Crippen molar-refractivity contribution < 1.29 is 9.90 Å². The topological polar surface area (TPSA) is 37.3 Å². The van der Waals surface area contributed by atoms with E-state index >= 15 is 0 Å². The SMILES string of the molecule is CCCCC/C=C/C/C=C\C/C=C\C/C=C\CCCC(=O)CCCO.